The van der Waals surface area contributed by atoms with Crippen molar-refractivity contribution in [3.05, 3.63) is 52.1 Å². The van der Waals surface area contributed by atoms with Crippen LogP contribution in [0.1, 0.15) is 28.6 Å². The second-order valence-electron chi connectivity index (χ2n) is 6.49. The fraction of sp³-hybridized carbons (Fsp3) is 0.333. The molecule has 3 heterocycles. The van der Waals surface area contributed by atoms with Gasteiger partial charge in [0.2, 0.25) is 0 Å². The average molecular weight is 424 g/mol. The molecule has 5 nitrogen and oxygen atoms in total. The molecule has 3 aromatic rings. The van der Waals surface area contributed by atoms with Crippen molar-refractivity contribution in [2.24, 2.45) is 0 Å². The molecule has 0 spiro atoms. The summed E-state index contributed by atoms with van der Waals surface area (Å²) in [6.07, 6.45) is 1.62. The zero-order valence-corrected chi connectivity index (χ0v) is 17.1. The molecule has 0 saturated carbocycles. The van der Waals surface area contributed by atoms with Crippen LogP contribution in [0.25, 0.3) is 10.6 Å². The highest BCUT2D eigenvalue weighted by atomic mass is 32.2. The number of benzene rings is 1. The molecule has 0 radical (unpaired) electrons. The van der Waals surface area contributed by atoms with Gasteiger partial charge in [-0.05, 0) is 44.0 Å². The van der Waals surface area contributed by atoms with Crippen LogP contribution in [0.15, 0.2) is 40.6 Å². The van der Waals surface area contributed by atoms with Gasteiger partial charge in [-0.3, -0.25) is 0 Å². The summed E-state index contributed by atoms with van der Waals surface area (Å²) in [6.45, 7) is 2.79. The molecule has 1 fully saturated rings. The second-order valence-corrected chi connectivity index (χ2v) is 11.0. The molecule has 0 N–H and O–H groups in total. The molecule has 2 aromatic heterocycles. The Labute approximate surface area is 165 Å². The summed E-state index contributed by atoms with van der Waals surface area (Å²) < 4.78 is 41.7. The van der Waals surface area contributed by atoms with Crippen molar-refractivity contribution < 1.29 is 12.8 Å². The van der Waals surface area contributed by atoms with Crippen LogP contribution in [-0.2, 0) is 10.0 Å². The van der Waals surface area contributed by atoms with Gasteiger partial charge < -0.3 is 0 Å². The Hall–Kier alpha value is -1.68. The summed E-state index contributed by atoms with van der Waals surface area (Å²) in [7, 11) is -3.49. The largest absolute Gasteiger partial charge is 0.252 e. The minimum atomic E-state index is -3.49. The summed E-state index contributed by atoms with van der Waals surface area (Å²) in [4.78, 5) is 0.973. The molecule has 0 bridgehead atoms. The monoisotopic (exact) mass is 423 g/mol. The van der Waals surface area contributed by atoms with E-state index in [9.17, 15) is 12.8 Å². The number of sulfonamides is 1. The standard InChI is InChI=1S/C18H18FN3O2S3/c1-12-8-9-16(25-12)27(23,24)22-10-4-5-13(11-22)17-20-21-18(26-17)14-6-2-3-7-15(14)19/h2-3,6-9,13H,4-5,10-11H2,1H3. The predicted octanol–water partition coefficient (Wildman–Crippen LogP) is 4.28. The maximum Gasteiger partial charge on any atom is 0.252 e. The van der Waals surface area contributed by atoms with E-state index in [4.69, 9.17) is 0 Å². The molecule has 1 aliphatic rings. The highest BCUT2D eigenvalue weighted by Gasteiger charge is 2.33. The Kier molecular flexibility index (Phi) is 5.11. The van der Waals surface area contributed by atoms with Crippen LogP contribution < -0.4 is 0 Å². The van der Waals surface area contributed by atoms with E-state index in [1.165, 1.54) is 33.0 Å². The van der Waals surface area contributed by atoms with Crippen LogP contribution in [0, 0.1) is 12.7 Å². The first kappa shape index (κ1) is 18.7. The van der Waals surface area contributed by atoms with E-state index in [0.717, 1.165) is 22.7 Å². The van der Waals surface area contributed by atoms with Crippen LogP contribution in [0.2, 0.25) is 0 Å². The SMILES string of the molecule is Cc1ccc(S(=O)(=O)N2CCCC(c3nnc(-c4ccccc4F)s3)C2)s1. The average Bonchev–Trinajstić information content (AvgIpc) is 3.32. The van der Waals surface area contributed by atoms with Gasteiger partial charge in [-0.15, -0.1) is 21.5 Å². The molecule has 0 aliphatic carbocycles. The minimum Gasteiger partial charge on any atom is -0.206 e. The highest BCUT2D eigenvalue weighted by Crippen LogP contribution is 2.35. The van der Waals surface area contributed by atoms with Crippen molar-refractivity contribution in [3.8, 4) is 10.6 Å². The fourth-order valence-corrected chi connectivity index (χ4v) is 7.14. The Morgan fingerprint density at radius 3 is 2.70 bits per heavy atom. The first-order valence-electron chi connectivity index (χ1n) is 8.60. The molecule has 27 heavy (non-hydrogen) atoms. The van der Waals surface area contributed by atoms with E-state index >= 15 is 0 Å². The van der Waals surface area contributed by atoms with Gasteiger partial charge in [-0.1, -0.05) is 23.5 Å². The van der Waals surface area contributed by atoms with E-state index in [-0.39, 0.29) is 11.7 Å². The van der Waals surface area contributed by atoms with Crippen LogP contribution in [0.3, 0.4) is 0 Å². The lowest BCUT2D eigenvalue weighted by atomic mass is 10.0. The lowest BCUT2D eigenvalue weighted by Gasteiger charge is -2.30. The summed E-state index contributed by atoms with van der Waals surface area (Å²) in [5.74, 6) is -0.353. The van der Waals surface area contributed by atoms with Crippen molar-refractivity contribution in [3.63, 3.8) is 0 Å². The first-order chi connectivity index (χ1) is 12.9. The van der Waals surface area contributed by atoms with E-state index in [1.807, 2.05) is 13.0 Å². The number of hydrogen-bond acceptors (Lipinski definition) is 6. The number of hydrogen-bond donors (Lipinski definition) is 0. The molecule has 1 unspecified atom stereocenters. The van der Waals surface area contributed by atoms with Crippen molar-refractivity contribution in [1.29, 1.82) is 0 Å². The maximum atomic E-state index is 14.0. The molecule has 1 aromatic carbocycles. The summed E-state index contributed by atoms with van der Waals surface area (Å²) >= 11 is 2.63. The molecule has 0 amide bonds. The Bertz CT molecular complexity index is 1060. The van der Waals surface area contributed by atoms with E-state index in [0.29, 0.717) is 27.9 Å². The lowest BCUT2D eigenvalue weighted by Crippen LogP contribution is -2.38. The molecular formula is C18H18FN3O2S3. The molecular weight excluding hydrogens is 405 g/mol. The Balaban J connectivity index is 1.56. The lowest BCUT2D eigenvalue weighted by molar-refractivity contribution is 0.315. The number of nitrogens with zero attached hydrogens (tertiary/aromatic N) is 3. The van der Waals surface area contributed by atoms with Crippen LogP contribution in [0.4, 0.5) is 4.39 Å². The highest BCUT2D eigenvalue weighted by molar-refractivity contribution is 7.91. The molecule has 4 rings (SSSR count). The number of rotatable bonds is 4. The number of thiophene rings is 1. The first-order valence-corrected chi connectivity index (χ1v) is 11.7. The summed E-state index contributed by atoms with van der Waals surface area (Å²) in [5.41, 5.74) is 0.426. The van der Waals surface area contributed by atoms with Gasteiger partial charge in [0.1, 0.15) is 15.0 Å². The fourth-order valence-electron chi connectivity index (χ4n) is 3.18. The number of aromatic nitrogens is 2. The maximum absolute atomic E-state index is 14.0. The predicted molar refractivity (Wildman–Crippen MR) is 105 cm³/mol. The van der Waals surface area contributed by atoms with E-state index in [1.54, 1.807) is 24.3 Å². The Morgan fingerprint density at radius 1 is 1.15 bits per heavy atom. The zero-order valence-electron chi connectivity index (χ0n) is 14.6. The summed E-state index contributed by atoms with van der Waals surface area (Å²) in [5, 5.41) is 9.65. The van der Waals surface area contributed by atoms with Gasteiger partial charge in [-0.2, -0.15) is 4.31 Å². The smallest absolute Gasteiger partial charge is 0.206 e. The van der Waals surface area contributed by atoms with Gasteiger partial charge >= 0.3 is 0 Å². The second kappa shape index (κ2) is 7.38. The van der Waals surface area contributed by atoms with Crippen molar-refractivity contribution in [1.82, 2.24) is 14.5 Å². The van der Waals surface area contributed by atoms with Crippen molar-refractivity contribution >= 4 is 32.7 Å². The van der Waals surface area contributed by atoms with Crippen molar-refractivity contribution in [2.75, 3.05) is 13.1 Å². The van der Waals surface area contributed by atoms with Gasteiger partial charge in [0, 0.05) is 29.4 Å². The number of halogens is 1. The third kappa shape index (κ3) is 3.69. The zero-order chi connectivity index (χ0) is 19.0. The van der Waals surface area contributed by atoms with Gasteiger partial charge in [-0.25, -0.2) is 12.8 Å². The molecule has 1 aliphatic heterocycles. The van der Waals surface area contributed by atoms with E-state index < -0.39 is 10.0 Å². The normalized spacial score (nSPS) is 18.7. The molecule has 1 saturated heterocycles. The van der Waals surface area contributed by atoms with Crippen LogP contribution in [-0.4, -0.2) is 36.0 Å². The third-order valence-corrected chi connectivity index (χ3v) is 9.04. The Morgan fingerprint density at radius 2 is 1.96 bits per heavy atom. The van der Waals surface area contributed by atoms with Gasteiger partial charge in [0.05, 0.1) is 0 Å². The van der Waals surface area contributed by atoms with Crippen LogP contribution in [0.5, 0.6) is 0 Å². The van der Waals surface area contributed by atoms with E-state index in [2.05, 4.69) is 10.2 Å². The topological polar surface area (TPSA) is 63.2 Å². The molecule has 9 heteroatoms. The molecule has 1 atom stereocenters. The minimum absolute atomic E-state index is 0.0207. The third-order valence-electron chi connectivity index (χ3n) is 4.59. The molecule has 142 valence electrons. The number of aryl methyl sites for hydroxylation is 1. The summed E-state index contributed by atoms with van der Waals surface area (Å²) in [6, 6.07) is 9.96. The van der Waals surface area contributed by atoms with Gasteiger partial charge in [0.25, 0.3) is 10.0 Å². The van der Waals surface area contributed by atoms with Crippen molar-refractivity contribution in [2.45, 2.75) is 29.9 Å². The van der Waals surface area contributed by atoms with Crippen LogP contribution >= 0.6 is 22.7 Å². The van der Waals surface area contributed by atoms with Gasteiger partial charge in [0.15, 0.2) is 5.01 Å². The quantitative estimate of drug-likeness (QED) is 0.628. The number of piperidine rings is 1.